The lowest BCUT2D eigenvalue weighted by Gasteiger charge is -2.24. The monoisotopic (exact) mass is 479 g/mol. The molecule has 2 atom stereocenters. The van der Waals surface area contributed by atoms with Crippen molar-refractivity contribution in [2.24, 2.45) is 5.73 Å². The smallest absolute Gasteiger partial charge is 0.237 e. The Labute approximate surface area is 203 Å². The maximum Gasteiger partial charge on any atom is 0.237 e. The molecule has 0 bridgehead atoms. The van der Waals surface area contributed by atoms with E-state index in [1.54, 1.807) is 24.3 Å². The number of ketones is 1. The Morgan fingerprint density at radius 3 is 2.49 bits per heavy atom. The lowest BCUT2D eigenvalue weighted by molar-refractivity contribution is -0.128. The van der Waals surface area contributed by atoms with Gasteiger partial charge in [-0.25, -0.2) is 4.39 Å². The second kappa shape index (κ2) is 10.9. The van der Waals surface area contributed by atoms with Crippen molar-refractivity contribution >= 4 is 11.7 Å². The standard InChI is InChI=1S/C26H30FN5O3/c1-15(2)17-10-11-18(23(24(17)27)16-7-4-3-5-8-16)25(30-26(34)19-9-6-12-29-19)20(33)13-21-31-32-22(14-28)35-21/h3-5,7-8,10-11,15,19,25,29H,6,9,12-14,28H2,1-2H3,(H,30,34). The predicted octanol–water partition coefficient (Wildman–Crippen LogP) is 3.18. The lowest BCUT2D eigenvalue weighted by atomic mass is 9.87. The number of nitrogens with two attached hydrogens (primary N) is 1. The molecular formula is C26H30FN5O3. The van der Waals surface area contributed by atoms with Crippen LogP contribution in [-0.4, -0.2) is 34.5 Å². The van der Waals surface area contributed by atoms with Crippen LogP contribution < -0.4 is 16.4 Å². The number of benzene rings is 2. The fourth-order valence-electron chi connectivity index (χ4n) is 4.37. The van der Waals surface area contributed by atoms with Crippen molar-refractivity contribution in [3.05, 3.63) is 71.2 Å². The first-order chi connectivity index (χ1) is 16.9. The zero-order valence-corrected chi connectivity index (χ0v) is 19.9. The third-order valence-electron chi connectivity index (χ3n) is 6.19. The summed E-state index contributed by atoms with van der Waals surface area (Å²) in [5.41, 5.74) is 7.37. The highest BCUT2D eigenvalue weighted by atomic mass is 19.1. The Bertz CT molecular complexity index is 1190. The van der Waals surface area contributed by atoms with Crippen molar-refractivity contribution in [3.63, 3.8) is 0 Å². The number of carbonyl (C=O) groups is 2. The summed E-state index contributed by atoms with van der Waals surface area (Å²) in [6, 6.07) is 10.9. The fraction of sp³-hybridized carbons (Fsp3) is 0.385. The average molecular weight is 480 g/mol. The van der Waals surface area contributed by atoms with Gasteiger partial charge in [-0.15, -0.1) is 10.2 Å². The minimum absolute atomic E-state index is 0.0503. The summed E-state index contributed by atoms with van der Waals surface area (Å²) in [5, 5.41) is 13.7. The Balaban J connectivity index is 1.78. The normalized spacial score (nSPS) is 16.4. The predicted molar refractivity (Wildman–Crippen MR) is 129 cm³/mol. The summed E-state index contributed by atoms with van der Waals surface area (Å²) in [5.74, 6) is -0.863. The van der Waals surface area contributed by atoms with Crippen molar-refractivity contribution in [1.82, 2.24) is 20.8 Å². The molecule has 0 radical (unpaired) electrons. The molecule has 1 fully saturated rings. The van der Waals surface area contributed by atoms with Crippen molar-refractivity contribution in [1.29, 1.82) is 0 Å². The number of hydrogen-bond acceptors (Lipinski definition) is 7. The summed E-state index contributed by atoms with van der Waals surface area (Å²) in [4.78, 5) is 26.6. The van der Waals surface area contributed by atoms with Gasteiger partial charge in [0, 0.05) is 5.56 Å². The van der Waals surface area contributed by atoms with E-state index in [4.69, 9.17) is 10.2 Å². The number of nitrogens with one attached hydrogen (secondary N) is 2. The van der Waals surface area contributed by atoms with Crippen LogP contribution in [0.2, 0.25) is 0 Å². The molecule has 35 heavy (non-hydrogen) atoms. The number of carbonyl (C=O) groups excluding carboxylic acids is 2. The van der Waals surface area contributed by atoms with Crippen LogP contribution in [0, 0.1) is 5.82 Å². The van der Waals surface area contributed by atoms with Gasteiger partial charge < -0.3 is 20.8 Å². The first-order valence-electron chi connectivity index (χ1n) is 11.8. The van der Waals surface area contributed by atoms with E-state index in [-0.39, 0.29) is 36.6 Å². The van der Waals surface area contributed by atoms with E-state index in [1.165, 1.54) is 0 Å². The van der Waals surface area contributed by atoms with Crippen LogP contribution in [0.3, 0.4) is 0 Å². The third kappa shape index (κ3) is 5.47. The van der Waals surface area contributed by atoms with E-state index >= 15 is 4.39 Å². The van der Waals surface area contributed by atoms with Crippen LogP contribution in [0.15, 0.2) is 46.9 Å². The third-order valence-corrected chi connectivity index (χ3v) is 6.19. The maximum atomic E-state index is 15.9. The van der Waals surface area contributed by atoms with Crippen LogP contribution in [0.1, 0.15) is 61.6 Å². The molecule has 2 aromatic carbocycles. The van der Waals surface area contributed by atoms with Gasteiger partial charge in [0.25, 0.3) is 0 Å². The molecular weight excluding hydrogens is 449 g/mol. The lowest BCUT2D eigenvalue weighted by Crippen LogP contribution is -2.44. The van der Waals surface area contributed by atoms with E-state index < -0.39 is 23.7 Å². The van der Waals surface area contributed by atoms with Crippen LogP contribution >= 0.6 is 0 Å². The number of amides is 1. The van der Waals surface area contributed by atoms with Crippen LogP contribution in [0.4, 0.5) is 4.39 Å². The van der Waals surface area contributed by atoms with Gasteiger partial charge >= 0.3 is 0 Å². The highest BCUT2D eigenvalue weighted by Crippen LogP contribution is 2.36. The van der Waals surface area contributed by atoms with Crippen molar-refractivity contribution < 1.29 is 18.4 Å². The molecule has 1 aromatic heterocycles. The van der Waals surface area contributed by atoms with Crippen molar-refractivity contribution in [3.8, 4) is 11.1 Å². The maximum absolute atomic E-state index is 15.9. The Kier molecular flexibility index (Phi) is 7.67. The van der Waals surface area contributed by atoms with E-state index in [0.717, 1.165) is 13.0 Å². The van der Waals surface area contributed by atoms with Gasteiger partial charge in [-0.05, 0) is 42.0 Å². The molecule has 4 N–H and O–H groups in total. The molecule has 3 aromatic rings. The first-order valence-corrected chi connectivity index (χ1v) is 11.8. The molecule has 2 unspecified atom stereocenters. The van der Waals surface area contributed by atoms with Gasteiger partial charge in [0.2, 0.25) is 17.7 Å². The Hall–Kier alpha value is -3.43. The Morgan fingerprint density at radius 1 is 1.14 bits per heavy atom. The highest BCUT2D eigenvalue weighted by molar-refractivity contribution is 5.94. The molecule has 184 valence electrons. The number of rotatable bonds is 9. The molecule has 0 spiro atoms. The molecule has 4 rings (SSSR count). The van der Waals surface area contributed by atoms with Gasteiger partial charge in [0.1, 0.15) is 11.9 Å². The van der Waals surface area contributed by atoms with E-state index in [2.05, 4.69) is 20.8 Å². The molecule has 9 heteroatoms. The topological polar surface area (TPSA) is 123 Å². The quantitative estimate of drug-likeness (QED) is 0.431. The zero-order valence-electron chi connectivity index (χ0n) is 19.9. The summed E-state index contributed by atoms with van der Waals surface area (Å²) >= 11 is 0. The van der Waals surface area contributed by atoms with Gasteiger partial charge in [-0.2, -0.15) is 0 Å². The largest absolute Gasteiger partial charge is 0.423 e. The molecule has 8 nitrogen and oxygen atoms in total. The second-order valence-electron chi connectivity index (χ2n) is 8.98. The number of aromatic nitrogens is 2. The number of nitrogens with zero attached hydrogens (tertiary/aromatic N) is 2. The molecule has 1 aliphatic rings. The minimum atomic E-state index is -1.11. The molecule has 0 saturated carbocycles. The van der Waals surface area contributed by atoms with Gasteiger partial charge in [-0.1, -0.05) is 56.3 Å². The average Bonchev–Trinajstić information content (AvgIpc) is 3.55. The number of halogens is 1. The van der Waals surface area contributed by atoms with Crippen molar-refractivity contribution in [2.75, 3.05) is 6.54 Å². The van der Waals surface area contributed by atoms with Crippen molar-refractivity contribution in [2.45, 2.75) is 57.7 Å². The highest BCUT2D eigenvalue weighted by Gasteiger charge is 2.32. The Morgan fingerprint density at radius 2 is 1.86 bits per heavy atom. The van der Waals surface area contributed by atoms with Gasteiger partial charge in [0.15, 0.2) is 5.78 Å². The first kappa shape index (κ1) is 24.7. The van der Waals surface area contributed by atoms with E-state index in [0.29, 0.717) is 28.7 Å². The van der Waals surface area contributed by atoms with Crippen LogP contribution in [0.5, 0.6) is 0 Å². The molecule has 1 saturated heterocycles. The molecule has 2 heterocycles. The van der Waals surface area contributed by atoms with E-state index in [1.807, 2.05) is 32.0 Å². The fourth-order valence-corrected chi connectivity index (χ4v) is 4.37. The molecule has 1 aliphatic heterocycles. The molecule has 0 aliphatic carbocycles. The molecule has 1 amide bonds. The van der Waals surface area contributed by atoms with Gasteiger partial charge in [0.05, 0.1) is 19.0 Å². The number of Topliss-reactive ketones (excluding diaryl/α,β-unsaturated/α-hetero) is 1. The summed E-state index contributed by atoms with van der Waals surface area (Å²) < 4.78 is 21.3. The van der Waals surface area contributed by atoms with Crippen LogP contribution in [0.25, 0.3) is 11.1 Å². The zero-order chi connectivity index (χ0) is 24.9. The summed E-state index contributed by atoms with van der Waals surface area (Å²) in [6.07, 6.45) is 1.31. The van der Waals surface area contributed by atoms with E-state index in [9.17, 15) is 9.59 Å². The minimum Gasteiger partial charge on any atom is -0.423 e. The van der Waals surface area contributed by atoms with Gasteiger partial charge in [-0.3, -0.25) is 9.59 Å². The summed E-state index contributed by atoms with van der Waals surface area (Å²) in [7, 11) is 0. The van der Waals surface area contributed by atoms with Crippen LogP contribution in [-0.2, 0) is 22.6 Å². The summed E-state index contributed by atoms with van der Waals surface area (Å²) in [6.45, 7) is 4.60. The second-order valence-corrected chi connectivity index (χ2v) is 8.98. The number of hydrogen-bond donors (Lipinski definition) is 3. The SMILES string of the molecule is CC(C)c1ccc(C(NC(=O)C2CCCN2)C(=O)Cc2nnc(CN)o2)c(-c2ccccc2)c1F.